The lowest BCUT2D eigenvalue weighted by molar-refractivity contribution is 0.197. The Balaban J connectivity index is 1.48. The molecule has 0 unspecified atom stereocenters. The van der Waals surface area contributed by atoms with Gasteiger partial charge in [0.05, 0.1) is 6.61 Å². The molecular weight excluding hydrogens is 200 g/mol. The number of hydrogen-bond acceptors (Lipinski definition) is 3. The summed E-state index contributed by atoms with van der Waals surface area (Å²) in [6.07, 6.45) is 7.14. The molecule has 2 rings (SSSR count). The van der Waals surface area contributed by atoms with E-state index < -0.39 is 0 Å². The Labute approximate surface area is 99.5 Å². The van der Waals surface area contributed by atoms with Crippen molar-refractivity contribution in [3.8, 4) is 0 Å². The van der Waals surface area contributed by atoms with Gasteiger partial charge in [-0.3, -0.25) is 0 Å². The fourth-order valence-corrected chi connectivity index (χ4v) is 2.20. The van der Waals surface area contributed by atoms with Gasteiger partial charge in [-0.15, -0.1) is 0 Å². The molecule has 94 valence electrons. The van der Waals surface area contributed by atoms with Gasteiger partial charge in [0, 0.05) is 26.2 Å². The van der Waals surface area contributed by atoms with E-state index in [1.807, 2.05) is 0 Å². The molecule has 0 aromatic rings. The number of hydrogen-bond donors (Lipinski definition) is 1. The van der Waals surface area contributed by atoms with Crippen LogP contribution in [0.4, 0.5) is 0 Å². The Kier molecular flexibility index (Phi) is 5.07. The summed E-state index contributed by atoms with van der Waals surface area (Å²) in [6.45, 7) is 5.62. The first-order valence-electron chi connectivity index (χ1n) is 6.84. The molecule has 2 fully saturated rings. The van der Waals surface area contributed by atoms with Crippen LogP contribution in [0.1, 0.15) is 32.1 Å². The van der Waals surface area contributed by atoms with Crippen LogP contribution in [0.15, 0.2) is 0 Å². The average molecular weight is 226 g/mol. The van der Waals surface area contributed by atoms with E-state index in [4.69, 9.17) is 4.74 Å². The van der Waals surface area contributed by atoms with Crippen LogP contribution in [0, 0.1) is 5.92 Å². The van der Waals surface area contributed by atoms with Crippen LogP contribution < -0.4 is 5.32 Å². The molecule has 0 saturated heterocycles. The number of methoxy groups -OCH3 is 1. The smallest absolute Gasteiger partial charge is 0.0587 e. The minimum Gasteiger partial charge on any atom is -0.383 e. The van der Waals surface area contributed by atoms with E-state index in [-0.39, 0.29) is 0 Å². The predicted octanol–water partition coefficient (Wildman–Crippen LogP) is 1.49. The van der Waals surface area contributed by atoms with Crippen LogP contribution in [0.2, 0.25) is 0 Å². The van der Waals surface area contributed by atoms with E-state index >= 15 is 0 Å². The van der Waals surface area contributed by atoms with Crippen molar-refractivity contribution in [1.29, 1.82) is 0 Å². The van der Waals surface area contributed by atoms with Crippen LogP contribution in [-0.2, 0) is 4.74 Å². The van der Waals surface area contributed by atoms with Crippen molar-refractivity contribution < 1.29 is 4.74 Å². The van der Waals surface area contributed by atoms with Gasteiger partial charge in [-0.2, -0.15) is 0 Å². The van der Waals surface area contributed by atoms with E-state index in [2.05, 4.69) is 10.2 Å². The number of rotatable bonds is 10. The van der Waals surface area contributed by atoms with Crippen molar-refractivity contribution >= 4 is 0 Å². The van der Waals surface area contributed by atoms with Gasteiger partial charge in [-0.1, -0.05) is 0 Å². The Morgan fingerprint density at radius 2 is 2.00 bits per heavy atom. The second-order valence-corrected chi connectivity index (χ2v) is 5.27. The SMILES string of the molecule is COCCNCCCN(CC1CC1)C1CC1. The third kappa shape index (κ3) is 4.81. The number of nitrogens with one attached hydrogen (secondary N) is 1. The molecule has 0 aromatic carbocycles. The van der Waals surface area contributed by atoms with E-state index in [0.29, 0.717) is 0 Å². The van der Waals surface area contributed by atoms with Gasteiger partial charge in [-0.25, -0.2) is 0 Å². The molecule has 0 bridgehead atoms. The van der Waals surface area contributed by atoms with E-state index in [1.165, 1.54) is 45.2 Å². The quantitative estimate of drug-likeness (QED) is 0.571. The topological polar surface area (TPSA) is 24.5 Å². The van der Waals surface area contributed by atoms with Crippen LogP contribution in [0.25, 0.3) is 0 Å². The van der Waals surface area contributed by atoms with Gasteiger partial charge in [0.15, 0.2) is 0 Å². The largest absolute Gasteiger partial charge is 0.383 e. The summed E-state index contributed by atoms with van der Waals surface area (Å²) in [5, 5.41) is 3.42. The first kappa shape index (κ1) is 12.3. The molecule has 0 aliphatic heterocycles. The predicted molar refractivity (Wildman–Crippen MR) is 66.7 cm³/mol. The fourth-order valence-electron chi connectivity index (χ4n) is 2.20. The zero-order chi connectivity index (χ0) is 11.2. The maximum Gasteiger partial charge on any atom is 0.0587 e. The minimum absolute atomic E-state index is 0.828. The molecule has 3 heteroatoms. The van der Waals surface area contributed by atoms with Crippen molar-refractivity contribution in [2.24, 2.45) is 5.92 Å². The second-order valence-electron chi connectivity index (χ2n) is 5.27. The van der Waals surface area contributed by atoms with Gasteiger partial charge in [0.2, 0.25) is 0 Å². The van der Waals surface area contributed by atoms with Crippen molar-refractivity contribution in [3.05, 3.63) is 0 Å². The standard InChI is InChI=1S/C13H26N2O/c1-16-10-8-14-7-2-9-15(13-5-6-13)11-12-3-4-12/h12-14H,2-11H2,1H3. The summed E-state index contributed by atoms with van der Waals surface area (Å²) in [6, 6.07) is 0.944. The van der Waals surface area contributed by atoms with Crippen molar-refractivity contribution in [2.45, 2.75) is 38.1 Å². The average Bonchev–Trinajstić information content (AvgIpc) is 3.15. The minimum atomic E-state index is 0.828. The Morgan fingerprint density at radius 3 is 2.62 bits per heavy atom. The summed E-state index contributed by atoms with van der Waals surface area (Å²) in [7, 11) is 1.76. The van der Waals surface area contributed by atoms with Crippen molar-refractivity contribution in [2.75, 3.05) is 39.9 Å². The lowest BCUT2D eigenvalue weighted by atomic mass is 10.3. The Bertz CT molecular complexity index is 190. The maximum atomic E-state index is 5.01. The molecule has 0 amide bonds. The Hall–Kier alpha value is -0.120. The zero-order valence-electron chi connectivity index (χ0n) is 10.6. The third-order valence-electron chi connectivity index (χ3n) is 3.53. The lowest BCUT2D eigenvalue weighted by Crippen LogP contribution is -2.31. The van der Waals surface area contributed by atoms with E-state index in [9.17, 15) is 0 Å². The molecule has 2 aliphatic rings. The van der Waals surface area contributed by atoms with Gasteiger partial charge < -0.3 is 15.0 Å². The summed E-state index contributed by atoms with van der Waals surface area (Å²) in [4.78, 5) is 2.73. The van der Waals surface area contributed by atoms with Gasteiger partial charge >= 0.3 is 0 Å². The molecule has 2 aliphatic carbocycles. The first-order chi connectivity index (χ1) is 7.90. The molecule has 0 atom stereocenters. The van der Waals surface area contributed by atoms with Crippen LogP contribution >= 0.6 is 0 Å². The monoisotopic (exact) mass is 226 g/mol. The Morgan fingerprint density at radius 1 is 1.19 bits per heavy atom. The third-order valence-corrected chi connectivity index (χ3v) is 3.53. The van der Waals surface area contributed by atoms with Gasteiger partial charge in [0.1, 0.15) is 0 Å². The molecule has 0 aromatic heterocycles. The van der Waals surface area contributed by atoms with Crippen LogP contribution in [0.5, 0.6) is 0 Å². The fraction of sp³-hybridized carbons (Fsp3) is 1.00. The highest BCUT2D eigenvalue weighted by Crippen LogP contribution is 2.34. The van der Waals surface area contributed by atoms with E-state index in [1.54, 1.807) is 7.11 Å². The first-order valence-corrected chi connectivity index (χ1v) is 6.84. The highest BCUT2D eigenvalue weighted by atomic mass is 16.5. The molecule has 2 saturated carbocycles. The summed E-state index contributed by atoms with van der Waals surface area (Å²) in [5.41, 5.74) is 0. The highest BCUT2D eigenvalue weighted by Gasteiger charge is 2.32. The van der Waals surface area contributed by atoms with Gasteiger partial charge in [0.25, 0.3) is 0 Å². The molecule has 0 spiro atoms. The molecule has 0 heterocycles. The molecule has 1 N–H and O–H groups in total. The maximum absolute atomic E-state index is 5.01. The second kappa shape index (κ2) is 6.58. The summed E-state index contributed by atoms with van der Waals surface area (Å²) in [5.74, 6) is 1.04. The number of nitrogens with zero attached hydrogens (tertiary/aromatic N) is 1. The van der Waals surface area contributed by atoms with Crippen molar-refractivity contribution in [1.82, 2.24) is 10.2 Å². The molecule has 3 nitrogen and oxygen atoms in total. The molecule has 16 heavy (non-hydrogen) atoms. The molecule has 0 radical (unpaired) electrons. The highest BCUT2D eigenvalue weighted by molar-refractivity contribution is 4.88. The van der Waals surface area contributed by atoms with Crippen LogP contribution in [0.3, 0.4) is 0 Å². The summed E-state index contributed by atoms with van der Waals surface area (Å²) < 4.78 is 5.01. The molecular formula is C13H26N2O. The van der Waals surface area contributed by atoms with Crippen molar-refractivity contribution in [3.63, 3.8) is 0 Å². The number of ether oxygens (including phenoxy) is 1. The van der Waals surface area contributed by atoms with Gasteiger partial charge in [-0.05, 0) is 51.1 Å². The summed E-state index contributed by atoms with van der Waals surface area (Å²) >= 11 is 0. The lowest BCUT2D eigenvalue weighted by Gasteiger charge is -2.21. The normalized spacial score (nSPS) is 20.6. The van der Waals surface area contributed by atoms with Crippen LogP contribution in [-0.4, -0.2) is 50.8 Å². The van der Waals surface area contributed by atoms with E-state index in [0.717, 1.165) is 31.7 Å². The zero-order valence-corrected chi connectivity index (χ0v) is 10.6.